The second kappa shape index (κ2) is 5.55. The maximum absolute atomic E-state index is 14.2. The van der Waals surface area contributed by atoms with Crippen LogP contribution in [0.3, 0.4) is 0 Å². The second-order valence-electron chi connectivity index (χ2n) is 5.45. The highest BCUT2D eigenvalue weighted by Crippen LogP contribution is 2.29. The summed E-state index contributed by atoms with van der Waals surface area (Å²) >= 11 is 0. The molecule has 2 aromatic heterocycles. The van der Waals surface area contributed by atoms with Gasteiger partial charge in [0.05, 0.1) is 11.4 Å². The van der Waals surface area contributed by atoms with Gasteiger partial charge in [-0.2, -0.15) is 5.10 Å². The molecular weight excluding hydrogens is 298 g/mol. The third-order valence-corrected chi connectivity index (χ3v) is 4.00. The molecule has 0 saturated heterocycles. The molecule has 1 aliphatic heterocycles. The minimum absolute atomic E-state index is 0.264. The van der Waals surface area contributed by atoms with Crippen molar-refractivity contribution in [3.63, 3.8) is 0 Å². The van der Waals surface area contributed by atoms with Gasteiger partial charge in [0.25, 0.3) is 0 Å². The van der Waals surface area contributed by atoms with Crippen molar-refractivity contribution >= 4 is 0 Å². The fraction of sp³-hybridized carbons (Fsp3) is 0.176. The van der Waals surface area contributed by atoms with Gasteiger partial charge in [-0.05, 0) is 24.3 Å². The Morgan fingerprint density at radius 2 is 2.09 bits per heavy atom. The Bertz CT molecular complexity index is 859. The molecule has 4 rings (SSSR count). The Morgan fingerprint density at radius 3 is 2.87 bits per heavy atom. The third-order valence-electron chi connectivity index (χ3n) is 4.00. The van der Waals surface area contributed by atoms with Gasteiger partial charge in [0, 0.05) is 49.1 Å². The Hall–Kier alpha value is -2.60. The van der Waals surface area contributed by atoms with Crippen LogP contribution in [-0.2, 0) is 13.0 Å². The molecule has 1 aromatic carbocycles. The molecule has 0 aliphatic carbocycles. The Balaban J connectivity index is 1.93. The van der Waals surface area contributed by atoms with Crippen LogP contribution in [0, 0.1) is 11.6 Å². The number of nitrogens with zero attached hydrogens (tertiary/aromatic N) is 3. The first-order valence-corrected chi connectivity index (χ1v) is 7.41. The Kier molecular flexibility index (Phi) is 3.38. The number of hydrogen-bond acceptors (Lipinski definition) is 3. The van der Waals surface area contributed by atoms with Crippen LogP contribution in [0.25, 0.3) is 16.9 Å². The summed E-state index contributed by atoms with van der Waals surface area (Å²) in [4.78, 5) is 4.13. The lowest BCUT2D eigenvalue weighted by Gasteiger charge is -2.16. The molecule has 0 bridgehead atoms. The first-order valence-electron chi connectivity index (χ1n) is 7.41. The third kappa shape index (κ3) is 2.41. The average Bonchev–Trinajstić information content (AvgIpc) is 2.95. The molecule has 0 amide bonds. The lowest BCUT2D eigenvalue weighted by molar-refractivity contribution is 0.566. The molecule has 3 aromatic rings. The van der Waals surface area contributed by atoms with E-state index in [0.717, 1.165) is 41.5 Å². The number of nitrogens with one attached hydrogen (secondary N) is 1. The van der Waals surface area contributed by atoms with E-state index in [2.05, 4.69) is 15.4 Å². The van der Waals surface area contributed by atoms with E-state index in [1.165, 1.54) is 12.1 Å². The van der Waals surface area contributed by atoms with E-state index >= 15 is 0 Å². The maximum atomic E-state index is 14.2. The van der Waals surface area contributed by atoms with Crippen molar-refractivity contribution < 1.29 is 8.78 Å². The SMILES string of the molecule is Fc1ccc(-n2nc(-c3cccnc3)c3c2CCNC3)c(F)c1. The average molecular weight is 312 g/mol. The minimum Gasteiger partial charge on any atom is -0.312 e. The molecule has 23 heavy (non-hydrogen) atoms. The second-order valence-corrected chi connectivity index (χ2v) is 5.45. The molecule has 6 heteroatoms. The molecule has 4 nitrogen and oxygen atoms in total. The highest BCUT2D eigenvalue weighted by atomic mass is 19.1. The molecule has 0 saturated carbocycles. The van der Waals surface area contributed by atoms with Crippen molar-refractivity contribution in [2.45, 2.75) is 13.0 Å². The van der Waals surface area contributed by atoms with Gasteiger partial charge >= 0.3 is 0 Å². The minimum atomic E-state index is -0.619. The van der Waals surface area contributed by atoms with E-state index in [-0.39, 0.29) is 5.69 Å². The predicted molar refractivity (Wildman–Crippen MR) is 82.1 cm³/mol. The number of halogens is 2. The summed E-state index contributed by atoms with van der Waals surface area (Å²) in [6, 6.07) is 7.32. The Morgan fingerprint density at radius 1 is 1.17 bits per heavy atom. The van der Waals surface area contributed by atoms with E-state index in [1.54, 1.807) is 17.1 Å². The van der Waals surface area contributed by atoms with Crippen LogP contribution >= 0.6 is 0 Å². The van der Waals surface area contributed by atoms with Crippen molar-refractivity contribution in [1.82, 2.24) is 20.1 Å². The molecule has 0 radical (unpaired) electrons. The van der Waals surface area contributed by atoms with Gasteiger partial charge in [-0.25, -0.2) is 13.5 Å². The van der Waals surface area contributed by atoms with Crippen LogP contribution in [0.5, 0.6) is 0 Å². The molecule has 0 spiro atoms. The quantitative estimate of drug-likeness (QED) is 0.791. The van der Waals surface area contributed by atoms with Gasteiger partial charge in [0.2, 0.25) is 0 Å². The van der Waals surface area contributed by atoms with E-state index in [0.29, 0.717) is 6.54 Å². The molecule has 0 fully saturated rings. The topological polar surface area (TPSA) is 42.7 Å². The number of rotatable bonds is 2. The van der Waals surface area contributed by atoms with Crippen LogP contribution in [0.15, 0.2) is 42.7 Å². The molecule has 1 N–H and O–H groups in total. The molecule has 0 atom stereocenters. The molecule has 116 valence electrons. The smallest absolute Gasteiger partial charge is 0.151 e. The van der Waals surface area contributed by atoms with Crippen LogP contribution in [0.4, 0.5) is 8.78 Å². The lowest BCUT2D eigenvalue weighted by atomic mass is 10.0. The summed E-state index contributed by atoms with van der Waals surface area (Å²) in [5, 5.41) is 7.91. The fourth-order valence-electron chi connectivity index (χ4n) is 2.94. The number of hydrogen-bond donors (Lipinski definition) is 1. The summed E-state index contributed by atoms with van der Waals surface area (Å²) in [6.45, 7) is 1.47. The van der Waals surface area contributed by atoms with Crippen LogP contribution in [0.2, 0.25) is 0 Å². The highest BCUT2D eigenvalue weighted by molar-refractivity contribution is 5.64. The van der Waals surface area contributed by atoms with Gasteiger partial charge < -0.3 is 5.32 Å². The number of benzene rings is 1. The van der Waals surface area contributed by atoms with Crippen LogP contribution in [0.1, 0.15) is 11.3 Å². The van der Waals surface area contributed by atoms with Gasteiger partial charge in [0.15, 0.2) is 5.82 Å². The lowest BCUT2D eigenvalue weighted by Crippen LogP contribution is -2.24. The molecule has 0 unspecified atom stereocenters. The fourth-order valence-corrected chi connectivity index (χ4v) is 2.94. The first-order chi connectivity index (χ1) is 11.2. The zero-order valence-corrected chi connectivity index (χ0v) is 12.3. The Labute approximate surface area is 131 Å². The zero-order chi connectivity index (χ0) is 15.8. The van der Waals surface area contributed by atoms with Crippen molar-refractivity contribution in [1.29, 1.82) is 0 Å². The van der Waals surface area contributed by atoms with E-state index in [1.807, 2.05) is 12.1 Å². The molecular formula is C17H14F2N4. The number of pyridine rings is 1. The van der Waals surface area contributed by atoms with E-state index in [9.17, 15) is 8.78 Å². The largest absolute Gasteiger partial charge is 0.312 e. The summed E-state index contributed by atoms with van der Waals surface area (Å²) in [5.74, 6) is -1.21. The predicted octanol–water partition coefficient (Wildman–Crippen LogP) is 2.86. The normalized spacial score (nSPS) is 13.8. The number of aromatic nitrogens is 3. The summed E-state index contributed by atoms with van der Waals surface area (Å²) in [7, 11) is 0. The summed E-state index contributed by atoms with van der Waals surface area (Å²) < 4.78 is 29.0. The zero-order valence-electron chi connectivity index (χ0n) is 12.3. The van der Waals surface area contributed by atoms with E-state index in [4.69, 9.17) is 0 Å². The van der Waals surface area contributed by atoms with Gasteiger partial charge in [-0.3, -0.25) is 4.98 Å². The number of fused-ring (bicyclic) bond motifs is 1. The van der Waals surface area contributed by atoms with Crippen molar-refractivity contribution in [3.8, 4) is 16.9 Å². The molecule has 3 heterocycles. The highest BCUT2D eigenvalue weighted by Gasteiger charge is 2.23. The van der Waals surface area contributed by atoms with Crippen LogP contribution < -0.4 is 5.32 Å². The van der Waals surface area contributed by atoms with Crippen molar-refractivity contribution in [2.75, 3.05) is 6.54 Å². The van der Waals surface area contributed by atoms with E-state index < -0.39 is 11.6 Å². The monoisotopic (exact) mass is 312 g/mol. The van der Waals surface area contributed by atoms with Gasteiger partial charge in [-0.15, -0.1) is 0 Å². The van der Waals surface area contributed by atoms with Crippen molar-refractivity contribution in [3.05, 3.63) is 65.6 Å². The van der Waals surface area contributed by atoms with Gasteiger partial charge in [-0.1, -0.05) is 0 Å². The van der Waals surface area contributed by atoms with Crippen LogP contribution in [-0.4, -0.2) is 21.3 Å². The van der Waals surface area contributed by atoms with Gasteiger partial charge in [0.1, 0.15) is 11.5 Å². The molecule has 1 aliphatic rings. The summed E-state index contributed by atoms with van der Waals surface area (Å²) in [5.41, 5.74) is 3.92. The first kappa shape index (κ1) is 14.0. The standard InChI is InChI=1S/C17H14F2N4/c18-12-3-4-16(14(19)8-12)23-15-5-7-21-10-13(15)17(22-23)11-2-1-6-20-9-11/h1-4,6,8-9,21H,5,7,10H2. The summed E-state index contributed by atoms with van der Waals surface area (Å²) in [6.07, 6.45) is 4.17. The maximum Gasteiger partial charge on any atom is 0.151 e. The van der Waals surface area contributed by atoms with Crippen molar-refractivity contribution in [2.24, 2.45) is 0 Å².